The number of ether oxygens (including phenoxy) is 1. The number of nitrogens with zero attached hydrogens (tertiary/aromatic N) is 3. The van der Waals surface area contributed by atoms with Crippen molar-refractivity contribution in [1.29, 1.82) is 0 Å². The van der Waals surface area contributed by atoms with E-state index in [1.54, 1.807) is 31.2 Å². The number of halogens is 1. The zero-order chi connectivity index (χ0) is 22.0. The minimum Gasteiger partial charge on any atom is -0.464 e. The second kappa shape index (κ2) is 8.78. The van der Waals surface area contributed by atoms with Gasteiger partial charge in [0.2, 0.25) is 5.88 Å². The van der Waals surface area contributed by atoms with E-state index in [2.05, 4.69) is 15.4 Å². The summed E-state index contributed by atoms with van der Waals surface area (Å²) in [4.78, 5) is 17.3. The normalized spacial score (nSPS) is 12.0. The van der Waals surface area contributed by atoms with Crippen LogP contribution in [-0.2, 0) is 11.3 Å². The molecule has 7 heteroatoms. The summed E-state index contributed by atoms with van der Waals surface area (Å²) in [6.45, 7) is 6.38. The predicted molar refractivity (Wildman–Crippen MR) is 124 cm³/mol. The van der Waals surface area contributed by atoms with Crippen molar-refractivity contribution >= 4 is 34.2 Å². The third kappa shape index (κ3) is 4.39. The molecule has 1 N–H and O–H groups in total. The number of pyridine rings is 1. The van der Waals surface area contributed by atoms with Gasteiger partial charge in [-0.2, -0.15) is 10.1 Å². The van der Waals surface area contributed by atoms with E-state index in [0.717, 1.165) is 27.9 Å². The molecule has 0 radical (unpaired) electrons. The van der Waals surface area contributed by atoms with Crippen LogP contribution in [0.3, 0.4) is 0 Å². The van der Waals surface area contributed by atoms with E-state index in [0.29, 0.717) is 23.1 Å². The molecule has 0 aliphatic rings. The summed E-state index contributed by atoms with van der Waals surface area (Å²) in [5, 5.41) is 9.04. The first-order valence-corrected chi connectivity index (χ1v) is 10.5. The monoisotopic (exact) mass is 434 g/mol. The van der Waals surface area contributed by atoms with Crippen LogP contribution in [0.2, 0.25) is 5.02 Å². The highest BCUT2D eigenvalue weighted by molar-refractivity contribution is 6.30. The summed E-state index contributed by atoms with van der Waals surface area (Å²) < 4.78 is 7.81. The highest BCUT2D eigenvalue weighted by Crippen LogP contribution is 2.33. The van der Waals surface area contributed by atoms with Crippen LogP contribution in [0.25, 0.3) is 22.2 Å². The number of aromatic nitrogens is 3. The highest BCUT2D eigenvalue weighted by Gasteiger charge is 2.20. The SMILES string of the molecule is CCn1nc(C)c2c(-c3ccccc3)cc(O[C@@H](C)C(=O)Nc3ccc(Cl)cc3)nc21. The minimum atomic E-state index is -0.747. The van der Waals surface area contributed by atoms with E-state index in [-0.39, 0.29) is 5.91 Å². The smallest absolute Gasteiger partial charge is 0.265 e. The Morgan fingerprint density at radius 3 is 2.55 bits per heavy atom. The van der Waals surface area contributed by atoms with Crippen molar-refractivity contribution in [2.45, 2.75) is 33.4 Å². The summed E-state index contributed by atoms with van der Waals surface area (Å²) in [6, 6.07) is 18.8. The third-order valence-corrected chi connectivity index (χ3v) is 5.27. The van der Waals surface area contributed by atoms with Gasteiger partial charge < -0.3 is 10.1 Å². The first-order chi connectivity index (χ1) is 15.0. The van der Waals surface area contributed by atoms with Crippen molar-refractivity contribution in [3.05, 3.63) is 71.4 Å². The fourth-order valence-corrected chi connectivity index (χ4v) is 3.59. The molecular formula is C24H23ClN4O2. The molecule has 2 heterocycles. The lowest BCUT2D eigenvalue weighted by molar-refractivity contribution is -0.122. The van der Waals surface area contributed by atoms with Crippen molar-refractivity contribution < 1.29 is 9.53 Å². The average Bonchev–Trinajstić information content (AvgIpc) is 3.11. The van der Waals surface area contributed by atoms with Gasteiger partial charge in [-0.15, -0.1) is 0 Å². The second-order valence-electron chi connectivity index (χ2n) is 7.23. The Balaban J connectivity index is 1.67. The fourth-order valence-electron chi connectivity index (χ4n) is 3.47. The molecule has 0 saturated heterocycles. The molecule has 0 bridgehead atoms. The Bertz CT molecular complexity index is 1220. The van der Waals surface area contributed by atoms with Gasteiger partial charge in [-0.05, 0) is 56.2 Å². The molecule has 6 nitrogen and oxygen atoms in total. The number of benzene rings is 2. The van der Waals surface area contributed by atoms with Gasteiger partial charge >= 0.3 is 0 Å². The lowest BCUT2D eigenvalue weighted by Gasteiger charge is -2.15. The van der Waals surface area contributed by atoms with Crippen molar-refractivity contribution in [3.63, 3.8) is 0 Å². The molecule has 4 rings (SSSR count). The number of nitrogens with one attached hydrogen (secondary N) is 1. The molecule has 1 amide bonds. The van der Waals surface area contributed by atoms with Gasteiger partial charge in [0.15, 0.2) is 11.8 Å². The van der Waals surface area contributed by atoms with E-state index in [4.69, 9.17) is 16.3 Å². The van der Waals surface area contributed by atoms with Crippen molar-refractivity contribution in [2.75, 3.05) is 5.32 Å². The number of hydrogen-bond donors (Lipinski definition) is 1. The standard InChI is InChI=1S/C24H23ClN4O2/c1-4-29-23-22(15(2)28-29)20(17-8-6-5-7-9-17)14-21(27-23)31-16(3)24(30)26-19-12-10-18(25)11-13-19/h5-14,16H,4H2,1-3H3,(H,26,30)/t16-/m0/s1. The molecule has 4 aromatic rings. The molecule has 0 fully saturated rings. The molecule has 0 spiro atoms. The van der Waals surface area contributed by atoms with Crippen LogP contribution >= 0.6 is 11.6 Å². The zero-order valence-electron chi connectivity index (χ0n) is 17.6. The van der Waals surface area contributed by atoms with E-state index in [1.807, 2.05) is 54.9 Å². The van der Waals surface area contributed by atoms with Gasteiger partial charge in [0, 0.05) is 23.3 Å². The van der Waals surface area contributed by atoms with E-state index in [9.17, 15) is 4.79 Å². The largest absolute Gasteiger partial charge is 0.464 e. The van der Waals surface area contributed by atoms with E-state index in [1.165, 1.54) is 0 Å². The van der Waals surface area contributed by atoms with E-state index < -0.39 is 6.10 Å². The topological polar surface area (TPSA) is 69.0 Å². The molecule has 2 aromatic heterocycles. The van der Waals surface area contributed by atoms with Crippen LogP contribution in [0.1, 0.15) is 19.5 Å². The minimum absolute atomic E-state index is 0.273. The van der Waals surface area contributed by atoms with Crippen molar-refractivity contribution in [3.8, 4) is 17.0 Å². The maximum absolute atomic E-state index is 12.6. The van der Waals surface area contributed by atoms with Gasteiger partial charge in [-0.25, -0.2) is 4.68 Å². The zero-order valence-corrected chi connectivity index (χ0v) is 18.3. The van der Waals surface area contributed by atoms with E-state index >= 15 is 0 Å². The molecular weight excluding hydrogens is 412 g/mol. The van der Waals surface area contributed by atoms with Crippen LogP contribution in [-0.4, -0.2) is 26.8 Å². The Labute approximate surface area is 185 Å². The first kappa shape index (κ1) is 20.9. The summed E-state index contributed by atoms with van der Waals surface area (Å²) in [7, 11) is 0. The number of fused-ring (bicyclic) bond motifs is 1. The maximum atomic E-state index is 12.6. The van der Waals surface area contributed by atoms with Gasteiger partial charge in [0.05, 0.1) is 11.1 Å². The number of carbonyl (C=O) groups excluding carboxylic acids is 1. The molecule has 2 aromatic carbocycles. The number of hydrogen-bond acceptors (Lipinski definition) is 4. The number of aryl methyl sites for hydroxylation is 2. The van der Waals surface area contributed by atoms with Gasteiger partial charge in [-0.1, -0.05) is 41.9 Å². The van der Waals surface area contributed by atoms with Crippen LogP contribution in [0.4, 0.5) is 5.69 Å². The van der Waals surface area contributed by atoms with Crippen LogP contribution in [0, 0.1) is 6.92 Å². The Morgan fingerprint density at radius 1 is 1.16 bits per heavy atom. The second-order valence-corrected chi connectivity index (χ2v) is 7.67. The maximum Gasteiger partial charge on any atom is 0.265 e. The lowest BCUT2D eigenvalue weighted by atomic mass is 10.0. The molecule has 0 saturated carbocycles. The molecule has 1 atom stereocenters. The molecule has 31 heavy (non-hydrogen) atoms. The third-order valence-electron chi connectivity index (χ3n) is 5.02. The molecule has 0 aliphatic heterocycles. The van der Waals surface area contributed by atoms with Crippen LogP contribution in [0.15, 0.2) is 60.7 Å². The predicted octanol–water partition coefficient (Wildman–Crippen LogP) is 5.49. The van der Waals surface area contributed by atoms with Crippen LogP contribution < -0.4 is 10.1 Å². The van der Waals surface area contributed by atoms with Gasteiger partial charge in [0.1, 0.15) is 0 Å². The Kier molecular flexibility index (Phi) is 5.91. The number of rotatable bonds is 6. The summed E-state index contributed by atoms with van der Waals surface area (Å²) in [5.41, 5.74) is 4.31. The summed E-state index contributed by atoms with van der Waals surface area (Å²) in [5.74, 6) is 0.102. The number of anilines is 1. The Morgan fingerprint density at radius 2 is 1.87 bits per heavy atom. The summed E-state index contributed by atoms with van der Waals surface area (Å²) in [6.07, 6.45) is -0.747. The highest BCUT2D eigenvalue weighted by atomic mass is 35.5. The number of carbonyl (C=O) groups is 1. The Hall–Kier alpha value is -3.38. The molecule has 0 unspecified atom stereocenters. The summed E-state index contributed by atoms with van der Waals surface area (Å²) >= 11 is 5.90. The van der Waals surface area contributed by atoms with Crippen LogP contribution in [0.5, 0.6) is 5.88 Å². The molecule has 158 valence electrons. The first-order valence-electron chi connectivity index (χ1n) is 10.1. The average molecular weight is 435 g/mol. The fraction of sp³-hybridized carbons (Fsp3) is 0.208. The van der Waals surface area contributed by atoms with Crippen molar-refractivity contribution in [1.82, 2.24) is 14.8 Å². The van der Waals surface area contributed by atoms with Gasteiger partial charge in [-0.3, -0.25) is 4.79 Å². The quantitative estimate of drug-likeness (QED) is 0.436. The van der Waals surface area contributed by atoms with Crippen molar-refractivity contribution in [2.24, 2.45) is 0 Å². The van der Waals surface area contributed by atoms with Gasteiger partial charge in [0.25, 0.3) is 5.91 Å². The number of amides is 1. The lowest BCUT2D eigenvalue weighted by Crippen LogP contribution is -2.30. The molecule has 0 aliphatic carbocycles.